The van der Waals surface area contributed by atoms with E-state index < -0.39 is 0 Å². The zero-order chi connectivity index (χ0) is 15.2. The van der Waals surface area contributed by atoms with Gasteiger partial charge in [-0.1, -0.05) is 20.8 Å². The van der Waals surface area contributed by atoms with E-state index in [9.17, 15) is 4.79 Å². The molecule has 0 radical (unpaired) electrons. The standard InChI is InChI=1S/C16H24N4O/c1-4-13-6-7-14(19-13)16(21)18-8-5-10-20-11-9-17-15(20)12(2)3/h6-7,9,11-12,19H,4-5,8,10H2,1-3H3,(H,18,21). The van der Waals surface area contributed by atoms with Crippen LogP contribution in [0.1, 0.15) is 55.1 Å². The van der Waals surface area contributed by atoms with Gasteiger partial charge in [0, 0.05) is 37.1 Å². The van der Waals surface area contributed by atoms with Gasteiger partial charge in [-0.15, -0.1) is 0 Å². The maximum absolute atomic E-state index is 11.9. The lowest BCUT2D eigenvalue weighted by Crippen LogP contribution is -2.25. The van der Waals surface area contributed by atoms with Gasteiger partial charge in [0.2, 0.25) is 0 Å². The average Bonchev–Trinajstić information content (AvgIpc) is 3.11. The molecule has 2 aromatic rings. The number of nitrogens with zero attached hydrogens (tertiary/aromatic N) is 2. The van der Waals surface area contributed by atoms with Crippen molar-refractivity contribution in [1.82, 2.24) is 19.9 Å². The lowest BCUT2D eigenvalue weighted by atomic mass is 10.2. The van der Waals surface area contributed by atoms with Crippen molar-refractivity contribution in [2.24, 2.45) is 0 Å². The highest BCUT2D eigenvalue weighted by molar-refractivity contribution is 5.92. The van der Waals surface area contributed by atoms with E-state index in [0.29, 0.717) is 18.2 Å². The monoisotopic (exact) mass is 288 g/mol. The number of imidazole rings is 1. The van der Waals surface area contributed by atoms with Crippen molar-refractivity contribution in [2.75, 3.05) is 6.54 Å². The molecule has 5 nitrogen and oxygen atoms in total. The molecule has 0 aliphatic rings. The SMILES string of the molecule is CCc1ccc(C(=O)NCCCn2ccnc2C(C)C)[nH]1. The summed E-state index contributed by atoms with van der Waals surface area (Å²) in [7, 11) is 0. The van der Waals surface area contributed by atoms with Crippen LogP contribution < -0.4 is 5.32 Å². The Morgan fingerprint density at radius 1 is 1.43 bits per heavy atom. The number of aromatic amines is 1. The molecule has 0 aliphatic heterocycles. The molecular formula is C16H24N4O. The normalized spacial score (nSPS) is 11.0. The van der Waals surface area contributed by atoms with Crippen LogP contribution in [0, 0.1) is 0 Å². The fraction of sp³-hybridized carbons (Fsp3) is 0.500. The van der Waals surface area contributed by atoms with Gasteiger partial charge in [0.05, 0.1) is 0 Å². The van der Waals surface area contributed by atoms with E-state index in [1.54, 1.807) is 0 Å². The first-order chi connectivity index (χ1) is 10.1. The Morgan fingerprint density at radius 3 is 2.90 bits per heavy atom. The molecule has 114 valence electrons. The van der Waals surface area contributed by atoms with Crippen LogP contribution in [-0.2, 0) is 13.0 Å². The fourth-order valence-electron chi connectivity index (χ4n) is 2.34. The summed E-state index contributed by atoms with van der Waals surface area (Å²) in [5.74, 6) is 1.48. The molecule has 2 aromatic heterocycles. The van der Waals surface area contributed by atoms with Crippen LogP contribution in [0.3, 0.4) is 0 Å². The quantitative estimate of drug-likeness (QED) is 0.769. The topological polar surface area (TPSA) is 62.7 Å². The summed E-state index contributed by atoms with van der Waals surface area (Å²) in [4.78, 5) is 19.4. The van der Waals surface area contributed by atoms with Gasteiger partial charge >= 0.3 is 0 Å². The van der Waals surface area contributed by atoms with E-state index in [1.165, 1.54) is 0 Å². The highest BCUT2D eigenvalue weighted by Gasteiger charge is 2.08. The Labute approximate surface area is 125 Å². The fourth-order valence-corrected chi connectivity index (χ4v) is 2.34. The molecule has 0 aliphatic carbocycles. The zero-order valence-corrected chi connectivity index (χ0v) is 13.0. The molecule has 0 fully saturated rings. The Hall–Kier alpha value is -2.04. The van der Waals surface area contributed by atoms with Gasteiger partial charge in [-0.05, 0) is 25.0 Å². The zero-order valence-electron chi connectivity index (χ0n) is 13.0. The molecule has 21 heavy (non-hydrogen) atoms. The van der Waals surface area contributed by atoms with Crippen LogP contribution >= 0.6 is 0 Å². The third kappa shape index (κ3) is 3.97. The minimum absolute atomic E-state index is 0.0376. The molecule has 5 heteroatoms. The highest BCUT2D eigenvalue weighted by Crippen LogP contribution is 2.11. The van der Waals surface area contributed by atoms with Crippen molar-refractivity contribution in [2.45, 2.75) is 46.1 Å². The van der Waals surface area contributed by atoms with E-state index in [0.717, 1.165) is 30.9 Å². The number of aryl methyl sites for hydroxylation is 2. The first-order valence-electron chi connectivity index (χ1n) is 7.59. The van der Waals surface area contributed by atoms with Crippen LogP contribution in [0.25, 0.3) is 0 Å². The van der Waals surface area contributed by atoms with Crippen LogP contribution in [0.5, 0.6) is 0 Å². The molecular weight excluding hydrogens is 264 g/mol. The van der Waals surface area contributed by atoms with Crippen molar-refractivity contribution in [3.05, 3.63) is 41.7 Å². The van der Waals surface area contributed by atoms with Gasteiger partial charge < -0.3 is 14.9 Å². The van der Waals surface area contributed by atoms with Crippen molar-refractivity contribution < 1.29 is 4.79 Å². The summed E-state index contributed by atoms with van der Waals surface area (Å²) in [5.41, 5.74) is 1.72. The van der Waals surface area contributed by atoms with E-state index in [4.69, 9.17) is 0 Å². The average molecular weight is 288 g/mol. The third-order valence-corrected chi connectivity index (χ3v) is 3.50. The first-order valence-corrected chi connectivity index (χ1v) is 7.59. The smallest absolute Gasteiger partial charge is 0.267 e. The van der Waals surface area contributed by atoms with Gasteiger partial charge in [-0.2, -0.15) is 0 Å². The molecule has 0 atom stereocenters. The Kier molecular flexibility index (Phi) is 5.20. The summed E-state index contributed by atoms with van der Waals surface area (Å²) in [6, 6.07) is 3.79. The number of rotatable bonds is 7. The number of hydrogen-bond donors (Lipinski definition) is 2. The molecule has 2 rings (SSSR count). The van der Waals surface area contributed by atoms with Crippen molar-refractivity contribution >= 4 is 5.91 Å². The summed E-state index contributed by atoms with van der Waals surface area (Å²) >= 11 is 0. The highest BCUT2D eigenvalue weighted by atomic mass is 16.1. The molecule has 0 saturated carbocycles. The first kappa shape index (κ1) is 15.4. The van der Waals surface area contributed by atoms with Gasteiger partial charge in [0.15, 0.2) is 0 Å². The predicted molar refractivity (Wildman–Crippen MR) is 83.4 cm³/mol. The van der Waals surface area contributed by atoms with E-state index in [1.807, 2.05) is 24.5 Å². The van der Waals surface area contributed by atoms with Crippen LogP contribution in [0.15, 0.2) is 24.5 Å². The van der Waals surface area contributed by atoms with Crippen LogP contribution in [-0.4, -0.2) is 27.0 Å². The second-order valence-corrected chi connectivity index (χ2v) is 5.49. The number of hydrogen-bond acceptors (Lipinski definition) is 2. The van der Waals surface area contributed by atoms with Crippen LogP contribution in [0.2, 0.25) is 0 Å². The minimum Gasteiger partial charge on any atom is -0.354 e. The van der Waals surface area contributed by atoms with Gasteiger partial charge in [-0.3, -0.25) is 4.79 Å². The maximum atomic E-state index is 11.9. The van der Waals surface area contributed by atoms with Crippen molar-refractivity contribution in [1.29, 1.82) is 0 Å². The second kappa shape index (κ2) is 7.11. The summed E-state index contributed by atoms with van der Waals surface area (Å²) in [5, 5.41) is 2.94. The molecule has 2 heterocycles. The lowest BCUT2D eigenvalue weighted by Gasteiger charge is -2.10. The lowest BCUT2D eigenvalue weighted by molar-refractivity contribution is 0.0948. The minimum atomic E-state index is -0.0376. The van der Waals surface area contributed by atoms with Gasteiger partial charge in [0.25, 0.3) is 5.91 Å². The molecule has 1 amide bonds. The Morgan fingerprint density at radius 2 is 2.24 bits per heavy atom. The maximum Gasteiger partial charge on any atom is 0.267 e. The summed E-state index contributed by atoms with van der Waals surface area (Å²) in [6.45, 7) is 7.87. The number of carbonyl (C=O) groups is 1. The number of nitrogens with one attached hydrogen (secondary N) is 2. The summed E-state index contributed by atoms with van der Waals surface area (Å²) < 4.78 is 2.15. The number of H-pyrrole nitrogens is 1. The van der Waals surface area contributed by atoms with E-state index in [2.05, 4.69) is 40.6 Å². The van der Waals surface area contributed by atoms with Crippen molar-refractivity contribution in [3.63, 3.8) is 0 Å². The Balaban J connectivity index is 1.76. The molecule has 0 aromatic carbocycles. The van der Waals surface area contributed by atoms with E-state index >= 15 is 0 Å². The molecule has 0 bridgehead atoms. The van der Waals surface area contributed by atoms with E-state index in [-0.39, 0.29) is 5.91 Å². The molecule has 2 N–H and O–H groups in total. The second-order valence-electron chi connectivity index (χ2n) is 5.49. The summed E-state index contributed by atoms with van der Waals surface area (Å²) in [6.07, 6.45) is 5.63. The third-order valence-electron chi connectivity index (χ3n) is 3.50. The van der Waals surface area contributed by atoms with Gasteiger partial charge in [-0.25, -0.2) is 4.98 Å². The largest absolute Gasteiger partial charge is 0.354 e. The molecule has 0 unspecified atom stereocenters. The predicted octanol–water partition coefficient (Wildman–Crippen LogP) is 2.72. The van der Waals surface area contributed by atoms with Gasteiger partial charge in [0.1, 0.15) is 11.5 Å². The molecule has 0 spiro atoms. The number of amides is 1. The van der Waals surface area contributed by atoms with Crippen LogP contribution in [0.4, 0.5) is 0 Å². The number of carbonyl (C=O) groups excluding carboxylic acids is 1. The van der Waals surface area contributed by atoms with Crippen molar-refractivity contribution in [3.8, 4) is 0 Å². The number of aromatic nitrogens is 3. The molecule has 0 saturated heterocycles. The Bertz CT molecular complexity index is 583.